The Morgan fingerprint density at radius 2 is 2.22 bits per heavy atom. The first-order valence-corrected chi connectivity index (χ1v) is 5.68. The Balaban J connectivity index is 2.20. The highest BCUT2D eigenvalue weighted by molar-refractivity contribution is 5.77. The maximum atomic E-state index is 8.88. The summed E-state index contributed by atoms with van der Waals surface area (Å²) in [7, 11) is 3.56. The Morgan fingerprint density at radius 3 is 2.94 bits per heavy atom. The Kier molecular flexibility index (Phi) is 3.92. The van der Waals surface area contributed by atoms with Crippen LogP contribution in [0, 0.1) is 11.3 Å². The van der Waals surface area contributed by atoms with Crippen LogP contribution < -0.4 is 0 Å². The van der Waals surface area contributed by atoms with Crippen LogP contribution in [-0.4, -0.2) is 29.9 Å². The largest absolute Gasteiger partial charge is 0.382 e. The highest BCUT2D eigenvalue weighted by Crippen LogP contribution is 2.17. The molecule has 1 heterocycles. The number of ether oxygens (including phenoxy) is 2. The molecular weight excluding hydrogens is 230 g/mol. The van der Waals surface area contributed by atoms with Gasteiger partial charge < -0.3 is 14.0 Å². The summed E-state index contributed by atoms with van der Waals surface area (Å²) in [6, 6.07) is 7.58. The number of methoxy groups -OCH3 is 1. The molecule has 0 aliphatic rings. The van der Waals surface area contributed by atoms with Crippen molar-refractivity contribution in [2.75, 3.05) is 20.3 Å². The van der Waals surface area contributed by atoms with Crippen LogP contribution in [0.25, 0.3) is 11.0 Å². The molecule has 94 valence electrons. The van der Waals surface area contributed by atoms with Gasteiger partial charge in [0, 0.05) is 14.2 Å². The molecule has 2 rings (SSSR count). The van der Waals surface area contributed by atoms with E-state index in [9.17, 15) is 0 Å². The number of hydrogen-bond donors (Lipinski definition) is 0. The van der Waals surface area contributed by atoms with Crippen molar-refractivity contribution in [2.45, 2.75) is 6.61 Å². The third kappa shape index (κ3) is 2.50. The van der Waals surface area contributed by atoms with E-state index in [4.69, 9.17) is 14.7 Å². The minimum atomic E-state index is 0.441. The first kappa shape index (κ1) is 12.6. The summed E-state index contributed by atoms with van der Waals surface area (Å²) in [4.78, 5) is 4.47. The van der Waals surface area contributed by atoms with Crippen LogP contribution in [0.1, 0.15) is 11.4 Å². The van der Waals surface area contributed by atoms with Gasteiger partial charge in [-0.05, 0) is 18.2 Å². The SMILES string of the molecule is COCCOCc1nc2ccc(C#N)cc2n1C. The number of fused-ring (bicyclic) bond motifs is 1. The monoisotopic (exact) mass is 245 g/mol. The second-order valence-corrected chi connectivity index (χ2v) is 3.95. The van der Waals surface area contributed by atoms with E-state index < -0.39 is 0 Å². The third-order valence-electron chi connectivity index (χ3n) is 2.77. The van der Waals surface area contributed by atoms with Crippen LogP contribution in [-0.2, 0) is 23.1 Å². The van der Waals surface area contributed by atoms with Gasteiger partial charge in [0.25, 0.3) is 0 Å². The van der Waals surface area contributed by atoms with Crippen molar-refractivity contribution in [3.05, 3.63) is 29.6 Å². The Hall–Kier alpha value is -1.90. The first-order chi connectivity index (χ1) is 8.76. The lowest BCUT2D eigenvalue weighted by Crippen LogP contribution is -2.05. The van der Waals surface area contributed by atoms with Gasteiger partial charge in [0.1, 0.15) is 12.4 Å². The molecule has 0 bridgehead atoms. The van der Waals surface area contributed by atoms with Crippen molar-refractivity contribution >= 4 is 11.0 Å². The fraction of sp³-hybridized carbons (Fsp3) is 0.385. The van der Waals surface area contributed by atoms with Crippen molar-refractivity contribution in [1.29, 1.82) is 5.26 Å². The lowest BCUT2D eigenvalue weighted by molar-refractivity contribution is 0.0578. The van der Waals surface area contributed by atoms with Gasteiger partial charge >= 0.3 is 0 Å². The predicted molar refractivity (Wildman–Crippen MR) is 67.0 cm³/mol. The van der Waals surface area contributed by atoms with E-state index in [-0.39, 0.29) is 0 Å². The number of aromatic nitrogens is 2. The third-order valence-corrected chi connectivity index (χ3v) is 2.77. The van der Waals surface area contributed by atoms with Crippen molar-refractivity contribution in [3.8, 4) is 6.07 Å². The summed E-state index contributed by atoms with van der Waals surface area (Å²) < 4.78 is 12.3. The highest BCUT2D eigenvalue weighted by atomic mass is 16.5. The molecule has 0 aliphatic carbocycles. The number of nitriles is 1. The van der Waals surface area contributed by atoms with Gasteiger partial charge in [0.05, 0.1) is 35.9 Å². The topological polar surface area (TPSA) is 60.1 Å². The lowest BCUT2D eigenvalue weighted by Gasteiger charge is -2.03. The lowest BCUT2D eigenvalue weighted by atomic mass is 10.2. The van der Waals surface area contributed by atoms with Crippen LogP contribution in [0.5, 0.6) is 0 Å². The molecule has 1 aromatic carbocycles. The molecule has 0 atom stereocenters. The van der Waals surface area contributed by atoms with E-state index in [1.165, 1.54) is 0 Å². The number of benzene rings is 1. The summed E-state index contributed by atoms with van der Waals surface area (Å²) in [5, 5.41) is 8.88. The normalized spacial score (nSPS) is 10.7. The molecule has 0 unspecified atom stereocenters. The molecule has 2 aromatic rings. The number of aryl methyl sites for hydroxylation is 1. The maximum absolute atomic E-state index is 8.88. The molecule has 5 heteroatoms. The molecule has 0 radical (unpaired) electrons. The summed E-state index contributed by atoms with van der Waals surface area (Å²) in [5.74, 6) is 0.844. The number of rotatable bonds is 5. The molecule has 0 spiro atoms. The van der Waals surface area contributed by atoms with Gasteiger partial charge in [-0.3, -0.25) is 0 Å². The molecule has 0 N–H and O–H groups in total. The average molecular weight is 245 g/mol. The molecule has 0 saturated carbocycles. The quantitative estimate of drug-likeness (QED) is 0.751. The summed E-state index contributed by atoms with van der Waals surface area (Å²) in [6.45, 7) is 1.56. The van der Waals surface area contributed by atoms with Gasteiger partial charge in [-0.1, -0.05) is 0 Å². The first-order valence-electron chi connectivity index (χ1n) is 5.68. The van der Waals surface area contributed by atoms with Crippen LogP contribution in [0.15, 0.2) is 18.2 Å². The molecule has 1 aromatic heterocycles. The molecule has 0 saturated heterocycles. The Labute approximate surface area is 106 Å². The number of hydrogen-bond acceptors (Lipinski definition) is 4. The van der Waals surface area contributed by atoms with E-state index >= 15 is 0 Å². The fourth-order valence-corrected chi connectivity index (χ4v) is 1.74. The Bertz CT molecular complexity index is 584. The zero-order valence-corrected chi connectivity index (χ0v) is 10.5. The second-order valence-electron chi connectivity index (χ2n) is 3.95. The number of imidazole rings is 1. The average Bonchev–Trinajstić information content (AvgIpc) is 2.71. The zero-order chi connectivity index (χ0) is 13.0. The molecule has 0 amide bonds. The standard InChI is InChI=1S/C13H15N3O2/c1-16-12-7-10(8-14)3-4-11(12)15-13(16)9-18-6-5-17-2/h3-4,7H,5-6,9H2,1-2H3. The van der Waals surface area contributed by atoms with E-state index in [0.717, 1.165) is 16.9 Å². The van der Waals surface area contributed by atoms with Crippen LogP contribution in [0.2, 0.25) is 0 Å². The molecule has 0 fully saturated rings. The smallest absolute Gasteiger partial charge is 0.135 e. The molecular formula is C13H15N3O2. The van der Waals surface area contributed by atoms with E-state index in [1.54, 1.807) is 13.2 Å². The molecule has 18 heavy (non-hydrogen) atoms. The van der Waals surface area contributed by atoms with Crippen molar-refractivity contribution in [2.24, 2.45) is 7.05 Å². The summed E-state index contributed by atoms with van der Waals surface area (Å²) >= 11 is 0. The van der Waals surface area contributed by atoms with Gasteiger partial charge in [-0.25, -0.2) is 4.98 Å². The minimum absolute atomic E-state index is 0.441. The maximum Gasteiger partial charge on any atom is 0.135 e. The number of nitrogens with zero attached hydrogens (tertiary/aromatic N) is 3. The molecule has 5 nitrogen and oxygen atoms in total. The zero-order valence-electron chi connectivity index (χ0n) is 10.5. The van der Waals surface area contributed by atoms with Crippen LogP contribution in [0.3, 0.4) is 0 Å². The molecule has 0 aliphatic heterocycles. The highest BCUT2D eigenvalue weighted by Gasteiger charge is 2.08. The van der Waals surface area contributed by atoms with Gasteiger partial charge in [0.15, 0.2) is 0 Å². The van der Waals surface area contributed by atoms with Crippen LogP contribution >= 0.6 is 0 Å². The Morgan fingerprint density at radius 1 is 1.39 bits per heavy atom. The van der Waals surface area contributed by atoms with Crippen molar-refractivity contribution < 1.29 is 9.47 Å². The summed E-state index contributed by atoms with van der Waals surface area (Å²) in [5.41, 5.74) is 2.46. The summed E-state index contributed by atoms with van der Waals surface area (Å²) in [6.07, 6.45) is 0. The van der Waals surface area contributed by atoms with Crippen molar-refractivity contribution in [1.82, 2.24) is 9.55 Å². The van der Waals surface area contributed by atoms with Crippen molar-refractivity contribution in [3.63, 3.8) is 0 Å². The van der Waals surface area contributed by atoms with E-state index in [1.807, 2.05) is 23.7 Å². The predicted octanol–water partition coefficient (Wildman–Crippen LogP) is 1.61. The minimum Gasteiger partial charge on any atom is -0.382 e. The van der Waals surface area contributed by atoms with Gasteiger partial charge in [-0.15, -0.1) is 0 Å². The van der Waals surface area contributed by atoms with Gasteiger partial charge in [0.2, 0.25) is 0 Å². The van der Waals surface area contributed by atoms with Gasteiger partial charge in [-0.2, -0.15) is 5.26 Å². The van der Waals surface area contributed by atoms with E-state index in [0.29, 0.717) is 25.4 Å². The second kappa shape index (κ2) is 5.63. The fourth-order valence-electron chi connectivity index (χ4n) is 1.74. The van der Waals surface area contributed by atoms with E-state index in [2.05, 4.69) is 11.1 Å². The van der Waals surface area contributed by atoms with Crippen LogP contribution in [0.4, 0.5) is 0 Å².